The summed E-state index contributed by atoms with van der Waals surface area (Å²) in [6, 6.07) is 2.71. The van der Waals surface area contributed by atoms with Crippen LogP contribution in [0, 0.1) is 0 Å². The third kappa shape index (κ3) is 4.99. The Labute approximate surface area is 106 Å². The van der Waals surface area contributed by atoms with Crippen LogP contribution in [0.4, 0.5) is 0 Å². The van der Waals surface area contributed by atoms with Crippen LogP contribution in [0.15, 0.2) is 23.2 Å². The van der Waals surface area contributed by atoms with E-state index in [0.717, 1.165) is 0 Å². The lowest BCUT2D eigenvalue weighted by atomic mass is 10.5. The number of pyridine rings is 1. The lowest BCUT2D eigenvalue weighted by Gasteiger charge is -2.06. The van der Waals surface area contributed by atoms with Gasteiger partial charge in [0.2, 0.25) is 10.0 Å². The predicted octanol–water partition coefficient (Wildman–Crippen LogP) is 1.44. The maximum atomic E-state index is 11.8. The molecule has 17 heavy (non-hydrogen) atoms. The lowest BCUT2D eigenvalue weighted by Crippen LogP contribution is -2.25. The molecule has 0 fully saturated rings. The largest absolute Gasteiger partial charge is 0.382 e. The molecule has 0 radical (unpaired) electrons. The summed E-state index contributed by atoms with van der Waals surface area (Å²) in [5.41, 5.74) is 0. The highest BCUT2D eigenvalue weighted by atomic mass is 35.5. The summed E-state index contributed by atoms with van der Waals surface area (Å²) in [4.78, 5) is 3.85. The van der Waals surface area contributed by atoms with Crippen molar-refractivity contribution in [2.45, 2.75) is 18.2 Å². The second kappa shape index (κ2) is 6.90. The number of nitrogens with one attached hydrogen (secondary N) is 1. The molecule has 7 heteroatoms. The molecule has 0 aliphatic carbocycles. The number of ether oxygens (including phenoxy) is 1. The monoisotopic (exact) mass is 278 g/mol. The number of hydrogen-bond acceptors (Lipinski definition) is 4. The molecule has 0 atom stereocenters. The minimum absolute atomic E-state index is 0.119. The number of nitrogens with zero attached hydrogens (tertiary/aromatic N) is 1. The van der Waals surface area contributed by atoms with Crippen LogP contribution in [-0.4, -0.2) is 33.2 Å². The Bertz CT molecular complexity index is 451. The van der Waals surface area contributed by atoms with Gasteiger partial charge < -0.3 is 4.74 Å². The highest BCUT2D eigenvalue weighted by molar-refractivity contribution is 7.89. The van der Waals surface area contributed by atoms with Crippen molar-refractivity contribution in [3.8, 4) is 0 Å². The van der Waals surface area contributed by atoms with Crippen LogP contribution in [0.1, 0.15) is 13.3 Å². The molecule has 0 aliphatic heterocycles. The Morgan fingerprint density at radius 3 is 2.94 bits per heavy atom. The van der Waals surface area contributed by atoms with Crippen LogP contribution in [0.2, 0.25) is 5.15 Å². The average molecular weight is 279 g/mol. The zero-order valence-electron chi connectivity index (χ0n) is 9.52. The second-order valence-electron chi connectivity index (χ2n) is 3.26. The zero-order chi connectivity index (χ0) is 12.7. The quantitative estimate of drug-likeness (QED) is 0.605. The predicted molar refractivity (Wildman–Crippen MR) is 65.5 cm³/mol. The van der Waals surface area contributed by atoms with E-state index in [1.807, 2.05) is 6.92 Å². The van der Waals surface area contributed by atoms with E-state index in [2.05, 4.69) is 9.71 Å². The van der Waals surface area contributed by atoms with E-state index in [9.17, 15) is 8.42 Å². The number of sulfonamides is 1. The summed E-state index contributed by atoms with van der Waals surface area (Å²) in [6.45, 7) is 3.40. The summed E-state index contributed by atoms with van der Waals surface area (Å²) in [5, 5.41) is 0.155. The first-order chi connectivity index (χ1) is 8.06. The van der Waals surface area contributed by atoms with Crippen LogP contribution in [0.5, 0.6) is 0 Å². The van der Waals surface area contributed by atoms with E-state index in [1.165, 1.54) is 18.3 Å². The molecule has 0 saturated carbocycles. The summed E-state index contributed by atoms with van der Waals surface area (Å²) in [5.74, 6) is 0. The van der Waals surface area contributed by atoms with Crippen molar-refractivity contribution in [2.75, 3.05) is 19.8 Å². The molecule has 1 aromatic rings. The first kappa shape index (κ1) is 14.4. The molecule has 0 saturated heterocycles. The third-order valence-electron chi connectivity index (χ3n) is 1.97. The number of hydrogen-bond donors (Lipinski definition) is 1. The van der Waals surface area contributed by atoms with Gasteiger partial charge in [-0.05, 0) is 25.5 Å². The van der Waals surface area contributed by atoms with Crippen LogP contribution in [0.3, 0.4) is 0 Å². The Hall–Kier alpha value is -0.690. The fraction of sp³-hybridized carbons (Fsp3) is 0.500. The highest BCUT2D eigenvalue weighted by Crippen LogP contribution is 2.12. The Morgan fingerprint density at radius 1 is 1.53 bits per heavy atom. The van der Waals surface area contributed by atoms with Gasteiger partial charge in [0.1, 0.15) is 5.15 Å². The standard InChI is InChI=1S/C10H15ClN2O3S/c1-2-16-7-3-5-13-17(14,15)9-4-6-12-10(11)8-9/h4,6,8,13H,2-3,5,7H2,1H3. The topological polar surface area (TPSA) is 68.3 Å². The van der Waals surface area contributed by atoms with Gasteiger partial charge in [0.05, 0.1) is 4.90 Å². The summed E-state index contributed by atoms with van der Waals surface area (Å²) in [6.07, 6.45) is 1.99. The molecule has 0 amide bonds. The molecule has 0 bridgehead atoms. The average Bonchev–Trinajstić information content (AvgIpc) is 2.29. The lowest BCUT2D eigenvalue weighted by molar-refractivity contribution is 0.146. The van der Waals surface area contributed by atoms with Crippen molar-refractivity contribution in [3.05, 3.63) is 23.5 Å². The first-order valence-electron chi connectivity index (χ1n) is 5.25. The molecular formula is C10H15ClN2O3S. The van der Waals surface area contributed by atoms with Gasteiger partial charge >= 0.3 is 0 Å². The molecule has 1 aromatic heterocycles. The maximum Gasteiger partial charge on any atom is 0.240 e. The highest BCUT2D eigenvalue weighted by Gasteiger charge is 2.13. The van der Waals surface area contributed by atoms with E-state index in [-0.39, 0.29) is 10.0 Å². The Kier molecular flexibility index (Phi) is 5.84. The van der Waals surface area contributed by atoms with E-state index >= 15 is 0 Å². The zero-order valence-corrected chi connectivity index (χ0v) is 11.1. The van der Waals surface area contributed by atoms with Gasteiger partial charge in [0.25, 0.3) is 0 Å². The summed E-state index contributed by atoms with van der Waals surface area (Å²) >= 11 is 5.63. The molecule has 0 spiro atoms. The second-order valence-corrected chi connectivity index (χ2v) is 5.42. The SMILES string of the molecule is CCOCCCNS(=O)(=O)c1ccnc(Cl)c1. The molecule has 0 unspecified atom stereocenters. The number of rotatable bonds is 7. The third-order valence-corrected chi connectivity index (χ3v) is 3.64. The molecule has 1 heterocycles. The Balaban J connectivity index is 2.51. The fourth-order valence-corrected chi connectivity index (χ4v) is 2.49. The van der Waals surface area contributed by atoms with E-state index in [1.54, 1.807) is 0 Å². The molecule has 0 aromatic carbocycles. The van der Waals surface area contributed by atoms with Crippen LogP contribution < -0.4 is 4.72 Å². The van der Waals surface area contributed by atoms with Crippen LogP contribution in [0.25, 0.3) is 0 Å². The normalized spacial score (nSPS) is 11.6. The van der Waals surface area contributed by atoms with Crippen molar-refractivity contribution in [1.29, 1.82) is 0 Å². The fourth-order valence-electron chi connectivity index (χ4n) is 1.16. The molecular weight excluding hydrogens is 264 g/mol. The minimum atomic E-state index is -3.50. The molecule has 0 aliphatic rings. The van der Waals surface area contributed by atoms with Gasteiger partial charge in [-0.25, -0.2) is 18.1 Å². The van der Waals surface area contributed by atoms with Crippen molar-refractivity contribution >= 4 is 21.6 Å². The van der Waals surface area contributed by atoms with Crippen molar-refractivity contribution in [2.24, 2.45) is 0 Å². The summed E-state index contributed by atoms with van der Waals surface area (Å²) < 4.78 is 31.1. The van der Waals surface area contributed by atoms with Crippen LogP contribution in [-0.2, 0) is 14.8 Å². The van der Waals surface area contributed by atoms with Crippen molar-refractivity contribution < 1.29 is 13.2 Å². The van der Waals surface area contributed by atoms with Gasteiger partial charge in [0.15, 0.2) is 0 Å². The molecule has 1 N–H and O–H groups in total. The summed E-state index contributed by atoms with van der Waals surface area (Å²) in [7, 11) is -3.50. The van der Waals surface area contributed by atoms with Crippen LogP contribution >= 0.6 is 11.6 Å². The molecule has 5 nitrogen and oxygen atoms in total. The van der Waals surface area contributed by atoms with E-state index < -0.39 is 10.0 Å². The van der Waals surface area contributed by atoms with E-state index in [4.69, 9.17) is 16.3 Å². The Morgan fingerprint density at radius 2 is 2.29 bits per heavy atom. The number of aromatic nitrogens is 1. The number of halogens is 1. The maximum absolute atomic E-state index is 11.8. The van der Waals surface area contributed by atoms with Gasteiger partial charge in [-0.15, -0.1) is 0 Å². The van der Waals surface area contributed by atoms with Gasteiger partial charge in [-0.1, -0.05) is 11.6 Å². The van der Waals surface area contributed by atoms with Gasteiger partial charge in [-0.3, -0.25) is 0 Å². The molecule has 96 valence electrons. The minimum Gasteiger partial charge on any atom is -0.382 e. The van der Waals surface area contributed by atoms with Crippen molar-refractivity contribution in [1.82, 2.24) is 9.71 Å². The van der Waals surface area contributed by atoms with Gasteiger partial charge in [-0.2, -0.15) is 0 Å². The smallest absolute Gasteiger partial charge is 0.240 e. The van der Waals surface area contributed by atoms with Gasteiger partial charge in [0, 0.05) is 26.0 Å². The van der Waals surface area contributed by atoms with Crippen molar-refractivity contribution in [3.63, 3.8) is 0 Å². The first-order valence-corrected chi connectivity index (χ1v) is 7.11. The molecule has 1 rings (SSSR count). The van der Waals surface area contributed by atoms with E-state index in [0.29, 0.717) is 26.2 Å².